The van der Waals surface area contributed by atoms with Gasteiger partial charge in [0.2, 0.25) is 6.41 Å². The highest BCUT2D eigenvalue weighted by Gasteiger charge is 2.25. The predicted octanol–water partition coefficient (Wildman–Crippen LogP) is 2.40. The molecule has 1 aliphatic heterocycles. The molecule has 1 saturated heterocycles. The van der Waals surface area contributed by atoms with Gasteiger partial charge in [-0.05, 0) is 42.7 Å². The van der Waals surface area contributed by atoms with Crippen molar-refractivity contribution in [2.45, 2.75) is 25.0 Å². The monoisotopic (exact) mass is 432 g/mol. The van der Waals surface area contributed by atoms with Crippen LogP contribution in [-0.2, 0) is 4.79 Å². The van der Waals surface area contributed by atoms with E-state index in [4.69, 9.17) is 0 Å². The van der Waals surface area contributed by atoms with Crippen molar-refractivity contribution >= 4 is 35.5 Å². The lowest BCUT2D eigenvalue weighted by Gasteiger charge is -2.33. The van der Waals surface area contributed by atoms with Gasteiger partial charge in [-0.15, -0.1) is 12.4 Å². The molecule has 2 heterocycles. The quantitative estimate of drug-likeness (QED) is 0.353. The van der Waals surface area contributed by atoms with Crippen molar-refractivity contribution < 1.29 is 15.0 Å². The number of imidazole rings is 1. The molecule has 0 bridgehead atoms. The SMILES string of the molecule is Cl.O=CNc1cc(C(O)CN2CCC(n3c(=O)[nH]c4ccccc43)CC2)ccc1O. The molecule has 1 amide bonds. The summed E-state index contributed by atoms with van der Waals surface area (Å²) in [4.78, 5) is 28.1. The van der Waals surface area contributed by atoms with Gasteiger partial charge >= 0.3 is 5.69 Å². The van der Waals surface area contributed by atoms with E-state index in [1.807, 2.05) is 28.8 Å². The Bertz CT molecular complexity index is 1070. The first kappa shape index (κ1) is 21.9. The number of aromatic hydroxyl groups is 1. The zero-order valence-corrected chi connectivity index (χ0v) is 17.1. The standard InChI is InChI=1S/C21H24N4O4.ClH/c26-13-22-17-11-14(5-6-19(17)27)20(28)12-24-9-7-15(8-10-24)25-18-4-2-1-3-16(18)23-21(25)29;/h1-6,11,13,15,20,27-28H,7-10,12H2,(H,22,26)(H,23,29);1H. The summed E-state index contributed by atoms with van der Waals surface area (Å²) in [5.74, 6) is -0.0435. The molecule has 1 aliphatic rings. The van der Waals surface area contributed by atoms with Gasteiger partial charge in [0, 0.05) is 25.7 Å². The molecule has 8 nitrogen and oxygen atoms in total. The summed E-state index contributed by atoms with van der Waals surface area (Å²) in [5, 5.41) is 22.8. The molecule has 1 aromatic heterocycles. The van der Waals surface area contributed by atoms with Crippen LogP contribution in [0.3, 0.4) is 0 Å². The number of β-amino-alcohol motifs (C(OH)–C–C–N with tert-alkyl or cyclic N) is 1. The first-order valence-electron chi connectivity index (χ1n) is 9.69. The first-order chi connectivity index (χ1) is 14.1. The number of nitrogens with zero attached hydrogens (tertiary/aromatic N) is 2. The van der Waals surface area contributed by atoms with Crippen LogP contribution in [-0.4, -0.2) is 50.7 Å². The molecule has 1 unspecified atom stereocenters. The fourth-order valence-corrected chi connectivity index (χ4v) is 4.09. The van der Waals surface area contributed by atoms with Gasteiger partial charge in [-0.25, -0.2) is 4.79 Å². The smallest absolute Gasteiger partial charge is 0.326 e. The highest BCUT2D eigenvalue weighted by Crippen LogP contribution is 2.29. The third-order valence-corrected chi connectivity index (χ3v) is 5.60. The van der Waals surface area contributed by atoms with E-state index < -0.39 is 6.10 Å². The molecule has 1 atom stereocenters. The molecule has 3 aromatic rings. The number of piperidine rings is 1. The number of aliphatic hydroxyl groups excluding tert-OH is 1. The van der Waals surface area contributed by atoms with E-state index in [2.05, 4.69) is 15.2 Å². The van der Waals surface area contributed by atoms with Crippen LogP contribution >= 0.6 is 12.4 Å². The number of aliphatic hydroxyl groups is 1. The number of carbonyl (C=O) groups excluding carboxylic acids is 1. The molecule has 0 saturated carbocycles. The minimum Gasteiger partial charge on any atom is -0.506 e. The third-order valence-electron chi connectivity index (χ3n) is 5.60. The van der Waals surface area contributed by atoms with Gasteiger partial charge in [-0.1, -0.05) is 18.2 Å². The maximum Gasteiger partial charge on any atom is 0.326 e. The molecular formula is C21H25ClN4O4. The average Bonchev–Trinajstić information content (AvgIpc) is 3.06. The summed E-state index contributed by atoms with van der Waals surface area (Å²) >= 11 is 0. The summed E-state index contributed by atoms with van der Waals surface area (Å²) in [6.07, 6.45) is 1.39. The number of aromatic nitrogens is 2. The topological polar surface area (TPSA) is 111 Å². The number of halogens is 1. The molecule has 4 N–H and O–H groups in total. The van der Waals surface area contributed by atoms with Gasteiger partial charge in [-0.3, -0.25) is 9.36 Å². The number of hydrogen-bond donors (Lipinski definition) is 4. The maximum absolute atomic E-state index is 12.4. The van der Waals surface area contributed by atoms with E-state index in [9.17, 15) is 19.8 Å². The second-order valence-electron chi connectivity index (χ2n) is 7.40. The van der Waals surface area contributed by atoms with Crippen molar-refractivity contribution in [2.75, 3.05) is 25.0 Å². The molecule has 30 heavy (non-hydrogen) atoms. The zero-order chi connectivity index (χ0) is 20.4. The second kappa shape index (κ2) is 9.34. The third kappa shape index (κ3) is 4.35. The van der Waals surface area contributed by atoms with E-state index in [1.54, 1.807) is 12.1 Å². The number of anilines is 1. The molecule has 0 spiro atoms. The number of likely N-dealkylation sites (tertiary alicyclic amines) is 1. The molecule has 160 valence electrons. The summed E-state index contributed by atoms with van der Waals surface area (Å²) < 4.78 is 1.85. The number of phenols is 1. The van der Waals surface area contributed by atoms with Gasteiger partial charge in [0.25, 0.3) is 0 Å². The van der Waals surface area contributed by atoms with Gasteiger partial charge in [0.15, 0.2) is 0 Å². The van der Waals surface area contributed by atoms with Gasteiger partial charge in [0.1, 0.15) is 5.75 Å². The second-order valence-corrected chi connectivity index (χ2v) is 7.40. The van der Waals surface area contributed by atoms with Crippen LogP contribution in [0.15, 0.2) is 47.3 Å². The number of carbonyl (C=O) groups is 1. The van der Waals surface area contributed by atoms with Gasteiger partial charge in [0.05, 0.1) is 22.8 Å². The number of amides is 1. The summed E-state index contributed by atoms with van der Waals surface area (Å²) in [6, 6.07) is 12.5. The minimum absolute atomic E-state index is 0. The van der Waals surface area contributed by atoms with Crippen molar-refractivity contribution in [1.82, 2.24) is 14.5 Å². The number of phenolic OH excluding ortho intramolecular Hbond substituents is 1. The summed E-state index contributed by atoms with van der Waals surface area (Å²) in [5.41, 5.74) is 2.60. The maximum atomic E-state index is 12.4. The fourth-order valence-electron chi connectivity index (χ4n) is 4.09. The average molecular weight is 433 g/mol. The van der Waals surface area contributed by atoms with Gasteiger partial charge in [-0.2, -0.15) is 0 Å². The first-order valence-corrected chi connectivity index (χ1v) is 9.69. The van der Waals surface area contributed by atoms with Crippen LogP contribution in [0, 0.1) is 0 Å². The number of aromatic amines is 1. The van der Waals surface area contributed by atoms with E-state index >= 15 is 0 Å². The Kier molecular flexibility index (Phi) is 6.81. The van der Waals surface area contributed by atoms with Crippen LogP contribution in [0.4, 0.5) is 5.69 Å². The number of benzene rings is 2. The Morgan fingerprint density at radius 1 is 1.20 bits per heavy atom. The van der Waals surface area contributed by atoms with E-state index in [0.29, 0.717) is 18.5 Å². The van der Waals surface area contributed by atoms with Crippen LogP contribution in [0.25, 0.3) is 11.0 Å². The molecule has 1 fully saturated rings. The fraction of sp³-hybridized carbons (Fsp3) is 0.333. The lowest BCUT2D eigenvalue weighted by Crippen LogP contribution is -2.39. The zero-order valence-electron chi connectivity index (χ0n) is 16.3. The molecule has 4 rings (SSSR count). The van der Waals surface area contributed by atoms with Crippen LogP contribution in [0.1, 0.15) is 30.6 Å². The van der Waals surface area contributed by atoms with Crippen molar-refractivity contribution in [3.05, 3.63) is 58.5 Å². The highest BCUT2D eigenvalue weighted by molar-refractivity contribution is 5.85. The number of hydrogen-bond acceptors (Lipinski definition) is 5. The Balaban J connectivity index is 0.00000256. The van der Waals surface area contributed by atoms with Gasteiger partial charge < -0.3 is 25.4 Å². The molecule has 0 radical (unpaired) electrons. The van der Waals surface area contributed by atoms with Crippen LogP contribution in [0.2, 0.25) is 0 Å². The highest BCUT2D eigenvalue weighted by atomic mass is 35.5. The van der Waals surface area contributed by atoms with E-state index in [1.165, 1.54) is 6.07 Å². The Labute approximate surface area is 179 Å². The minimum atomic E-state index is -0.741. The number of fused-ring (bicyclic) bond motifs is 1. The van der Waals surface area contributed by atoms with Crippen LogP contribution in [0.5, 0.6) is 5.75 Å². The Morgan fingerprint density at radius 2 is 1.93 bits per heavy atom. The lowest BCUT2D eigenvalue weighted by molar-refractivity contribution is -0.105. The molecular weight excluding hydrogens is 408 g/mol. The largest absolute Gasteiger partial charge is 0.506 e. The van der Waals surface area contributed by atoms with Crippen molar-refractivity contribution in [2.24, 2.45) is 0 Å². The number of nitrogens with one attached hydrogen (secondary N) is 2. The number of para-hydroxylation sites is 2. The molecule has 9 heteroatoms. The van der Waals surface area contributed by atoms with Crippen LogP contribution < -0.4 is 11.0 Å². The summed E-state index contributed by atoms with van der Waals surface area (Å²) in [6.45, 7) is 1.98. The Hall–Kier alpha value is -2.81. The lowest BCUT2D eigenvalue weighted by atomic mass is 10.0. The number of rotatable bonds is 6. The predicted molar refractivity (Wildman–Crippen MR) is 117 cm³/mol. The molecule has 2 aromatic carbocycles. The van der Waals surface area contributed by atoms with E-state index in [-0.39, 0.29) is 35.6 Å². The Morgan fingerprint density at radius 3 is 2.67 bits per heavy atom. The summed E-state index contributed by atoms with van der Waals surface area (Å²) in [7, 11) is 0. The normalized spacial score (nSPS) is 16.2. The number of H-pyrrole nitrogens is 1. The van der Waals surface area contributed by atoms with Crippen molar-refractivity contribution in [3.63, 3.8) is 0 Å². The van der Waals surface area contributed by atoms with Crippen molar-refractivity contribution in [3.8, 4) is 5.75 Å². The molecule has 0 aliphatic carbocycles. The van der Waals surface area contributed by atoms with Crippen molar-refractivity contribution in [1.29, 1.82) is 0 Å². The van der Waals surface area contributed by atoms with E-state index in [0.717, 1.165) is 37.0 Å².